The Morgan fingerprint density at radius 2 is 1.88 bits per heavy atom. The number of hydrogen-bond acceptors (Lipinski definition) is 2. The summed E-state index contributed by atoms with van der Waals surface area (Å²) in [5.41, 5.74) is 3.77. The minimum Gasteiger partial charge on any atom is -0.293 e. The molecule has 0 atom stereocenters. The van der Waals surface area contributed by atoms with Crippen molar-refractivity contribution in [3.05, 3.63) is 34.9 Å². The third kappa shape index (κ3) is 2.03. The average molecular weight is 215 g/mol. The molecule has 0 N–H and O–H groups in total. The molecule has 0 unspecified atom stereocenters. The van der Waals surface area contributed by atoms with E-state index < -0.39 is 0 Å². The molecule has 0 saturated carbocycles. The van der Waals surface area contributed by atoms with E-state index in [1.165, 1.54) is 30.4 Å². The molecule has 0 amide bonds. The van der Waals surface area contributed by atoms with E-state index in [0.717, 1.165) is 25.1 Å². The van der Waals surface area contributed by atoms with Crippen LogP contribution >= 0.6 is 0 Å². The van der Waals surface area contributed by atoms with Gasteiger partial charge in [-0.3, -0.25) is 9.69 Å². The summed E-state index contributed by atoms with van der Waals surface area (Å²) in [4.78, 5) is 14.1. The van der Waals surface area contributed by atoms with Crippen molar-refractivity contribution in [1.29, 1.82) is 0 Å². The van der Waals surface area contributed by atoms with Crippen LogP contribution in [0.4, 0.5) is 0 Å². The summed E-state index contributed by atoms with van der Waals surface area (Å²) in [5, 5.41) is 0. The Balaban J connectivity index is 1.81. The van der Waals surface area contributed by atoms with Gasteiger partial charge in [-0.05, 0) is 42.9 Å². The maximum absolute atomic E-state index is 11.9. The van der Waals surface area contributed by atoms with Gasteiger partial charge in [0.25, 0.3) is 0 Å². The number of carbonyl (C=O) groups excluding carboxylic acids is 1. The predicted molar refractivity (Wildman–Crippen MR) is 63.9 cm³/mol. The molecule has 1 fully saturated rings. The third-order valence-corrected chi connectivity index (χ3v) is 3.58. The van der Waals surface area contributed by atoms with Gasteiger partial charge in [0, 0.05) is 18.7 Å². The van der Waals surface area contributed by atoms with Gasteiger partial charge in [0.1, 0.15) is 0 Å². The number of rotatable bonds is 3. The Kier molecular flexibility index (Phi) is 2.52. The molecular weight excluding hydrogens is 198 g/mol. The number of carbonyl (C=O) groups is 1. The molecule has 1 heterocycles. The van der Waals surface area contributed by atoms with E-state index in [2.05, 4.69) is 17.0 Å². The van der Waals surface area contributed by atoms with Crippen LogP contribution < -0.4 is 0 Å². The third-order valence-electron chi connectivity index (χ3n) is 3.58. The highest BCUT2D eigenvalue weighted by atomic mass is 16.1. The first-order valence-corrected chi connectivity index (χ1v) is 6.20. The van der Waals surface area contributed by atoms with Crippen LogP contribution in [-0.2, 0) is 12.8 Å². The Bertz CT molecular complexity index is 421. The molecule has 1 saturated heterocycles. The van der Waals surface area contributed by atoms with Gasteiger partial charge in [0.05, 0.1) is 6.54 Å². The number of fused-ring (bicyclic) bond motifs is 1. The van der Waals surface area contributed by atoms with Crippen molar-refractivity contribution in [1.82, 2.24) is 4.90 Å². The summed E-state index contributed by atoms with van der Waals surface area (Å²) in [6.45, 7) is 2.80. The van der Waals surface area contributed by atoms with E-state index in [9.17, 15) is 4.79 Å². The average Bonchev–Trinajstić information content (AvgIpc) is 3.12. The first-order valence-electron chi connectivity index (χ1n) is 6.20. The van der Waals surface area contributed by atoms with Crippen LogP contribution in [0.3, 0.4) is 0 Å². The minimum absolute atomic E-state index is 0.283. The van der Waals surface area contributed by atoms with Crippen molar-refractivity contribution in [2.75, 3.05) is 19.6 Å². The van der Waals surface area contributed by atoms with Crippen molar-refractivity contribution in [2.45, 2.75) is 25.7 Å². The molecule has 0 bridgehead atoms. The number of aryl methyl sites for hydroxylation is 2. The van der Waals surface area contributed by atoms with Gasteiger partial charge in [0.15, 0.2) is 5.78 Å². The van der Waals surface area contributed by atoms with Crippen LogP contribution in [0, 0.1) is 0 Å². The molecule has 2 aliphatic rings. The Labute approximate surface area is 96.3 Å². The van der Waals surface area contributed by atoms with E-state index in [1.807, 2.05) is 6.07 Å². The van der Waals surface area contributed by atoms with Gasteiger partial charge in [-0.15, -0.1) is 0 Å². The molecule has 84 valence electrons. The van der Waals surface area contributed by atoms with Gasteiger partial charge >= 0.3 is 0 Å². The normalized spacial score (nSPS) is 19.2. The lowest BCUT2D eigenvalue weighted by atomic mass is 9.90. The monoisotopic (exact) mass is 215 g/mol. The number of benzene rings is 1. The van der Waals surface area contributed by atoms with E-state index in [-0.39, 0.29) is 5.78 Å². The molecule has 1 aliphatic carbocycles. The lowest BCUT2D eigenvalue weighted by molar-refractivity contribution is 0.0974. The summed E-state index contributed by atoms with van der Waals surface area (Å²) in [7, 11) is 0. The largest absolute Gasteiger partial charge is 0.293 e. The number of hydrogen-bond donors (Lipinski definition) is 0. The fourth-order valence-electron chi connectivity index (χ4n) is 2.43. The summed E-state index contributed by atoms with van der Waals surface area (Å²) in [6.07, 6.45) is 4.92. The second-order valence-electron chi connectivity index (χ2n) is 4.89. The van der Waals surface area contributed by atoms with Crippen LogP contribution in [0.15, 0.2) is 18.2 Å². The molecular formula is C14H17NO. The van der Waals surface area contributed by atoms with Gasteiger partial charge in [-0.25, -0.2) is 0 Å². The van der Waals surface area contributed by atoms with Crippen molar-refractivity contribution in [3.63, 3.8) is 0 Å². The van der Waals surface area contributed by atoms with Crippen molar-refractivity contribution >= 4 is 5.78 Å². The molecule has 0 aromatic heterocycles. The molecule has 3 rings (SSSR count). The summed E-state index contributed by atoms with van der Waals surface area (Å²) >= 11 is 0. The molecule has 1 aliphatic heterocycles. The SMILES string of the molecule is O=C(CN1CC1)c1ccc2c(c1)CCCC2. The Morgan fingerprint density at radius 1 is 1.12 bits per heavy atom. The molecule has 1 aromatic rings. The van der Waals surface area contributed by atoms with Crippen LogP contribution in [0.1, 0.15) is 34.3 Å². The number of ketones is 1. The molecule has 0 spiro atoms. The molecule has 2 heteroatoms. The van der Waals surface area contributed by atoms with Gasteiger partial charge < -0.3 is 0 Å². The standard InChI is InChI=1S/C14H17NO/c16-14(10-15-7-8-15)13-6-5-11-3-1-2-4-12(11)9-13/h5-6,9H,1-4,7-8,10H2. The van der Waals surface area contributed by atoms with E-state index in [1.54, 1.807) is 0 Å². The lowest BCUT2D eigenvalue weighted by Crippen LogP contribution is -2.14. The lowest BCUT2D eigenvalue weighted by Gasteiger charge is -2.16. The van der Waals surface area contributed by atoms with E-state index >= 15 is 0 Å². The van der Waals surface area contributed by atoms with Crippen LogP contribution in [-0.4, -0.2) is 30.3 Å². The number of nitrogens with zero attached hydrogens (tertiary/aromatic N) is 1. The highest BCUT2D eigenvalue weighted by Gasteiger charge is 2.21. The van der Waals surface area contributed by atoms with Crippen molar-refractivity contribution in [3.8, 4) is 0 Å². The first kappa shape index (κ1) is 10.0. The van der Waals surface area contributed by atoms with Gasteiger partial charge in [-0.1, -0.05) is 12.1 Å². The molecule has 0 radical (unpaired) electrons. The quantitative estimate of drug-likeness (QED) is 0.568. The minimum atomic E-state index is 0.283. The highest BCUT2D eigenvalue weighted by Crippen LogP contribution is 2.22. The smallest absolute Gasteiger partial charge is 0.176 e. The van der Waals surface area contributed by atoms with E-state index in [4.69, 9.17) is 0 Å². The summed E-state index contributed by atoms with van der Waals surface area (Å²) in [5.74, 6) is 0.283. The molecule has 16 heavy (non-hydrogen) atoms. The second kappa shape index (κ2) is 4.02. The molecule has 1 aromatic carbocycles. The number of Topliss-reactive ketones (excluding diaryl/α,β-unsaturated/α-hetero) is 1. The maximum Gasteiger partial charge on any atom is 0.176 e. The van der Waals surface area contributed by atoms with E-state index in [0.29, 0.717) is 6.54 Å². The zero-order valence-corrected chi connectivity index (χ0v) is 9.54. The van der Waals surface area contributed by atoms with Gasteiger partial charge in [-0.2, -0.15) is 0 Å². The fraction of sp³-hybridized carbons (Fsp3) is 0.500. The van der Waals surface area contributed by atoms with Crippen LogP contribution in [0.5, 0.6) is 0 Å². The Morgan fingerprint density at radius 3 is 2.62 bits per heavy atom. The van der Waals surface area contributed by atoms with Crippen molar-refractivity contribution < 1.29 is 4.79 Å². The zero-order chi connectivity index (χ0) is 11.0. The second-order valence-corrected chi connectivity index (χ2v) is 4.89. The highest BCUT2D eigenvalue weighted by molar-refractivity contribution is 5.98. The fourth-order valence-corrected chi connectivity index (χ4v) is 2.43. The maximum atomic E-state index is 11.9. The Hall–Kier alpha value is -1.15. The summed E-state index contributed by atoms with van der Waals surface area (Å²) in [6, 6.07) is 6.29. The van der Waals surface area contributed by atoms with Crippen LogP contribution in [0.25, 0.3) is 0 Å². The van der Waals surface area contributed by atoms with Gasteiger partial charge in [0.2, 0.25) is 0 Å². The molecule has 2 nitrogen and oxygen atoms in total. The van der Waals surface area contributed by atoms with Crippen LogP contribution in [0.2, 0.25) is 0 Å². The zero-order valence-electron chi connectivity index (χ0n) is 9.54. The summed E-state index contributed by atoms with van der Waals surface area (Å²) < 4.78 is 0. The first-order chi connectivity index (χ1) is 7.83. The van der Waals surface area contributed by atoms with Crippen molar-refractivity contribution in [2.24, 2.45) is 0 Å². The topological polar surface area (TPSA) is 20.1 Å². The predicted octanol–water partition coefficient (Wildman–Crippen LogP) is 2.06.